The van der Waals surface area contributed by atoms with E-state index in [9.17, 15) is 0 Å². The molecule has 1 atom stereocenters. The Morgan fingerprint density at radius 2 is 1.79 bits per heavy atom. The predicted molar refractivity (Wildman–Crippen MR) is 118 cm³/mol. The molecule has 1 unspecified atom stereocenters. The first kappa shape index (κ1) is 20.3. The molecule has 0 spiro atoms. The summed E-state index contributed by atoms with van der Waals surface area (Å²) in [5.41, 5.74) is 1.15. The van der Waals surface area contributed by atoms with Crippen molar-refractivity contribution in [2.45, 2.75) is 25.4 Å². The maximum Gasteiger partial charge on any atom is 0.192 e. The van der Waals surface area contributed by atoms with Gasteiger partial charge in [0.25, 0.3) is 0 Å². The number of nitrogens with zero attached hydrogens (tertiary/aromatic N) is 1. The van der Waals surface area contributed by atoms with Crippen molar-refractivity contribution >= 4 is 29.9 Å². The highest BCUT2D eigenvalue weighted by Gasteiger charge is 2.21. The smallest absolute Gasteiger partial charge is 0.192 e. The number of ether oxygens (including phenoxy) is 1. The molecule has 7 heteroatoms. The zero-order valence-electron chi connectivity index (χ0n) is 15.5. The fraction of sp³-hybridized carbons (Fsp3) is 0.286. The van der Waals surface area contributed by atoms with E-state index in [1.54, 1.807) is 12.5 Å². The molecule has 4 rings (SSSR count). The molecule has 2 aromatic heterocycles. The number of guanidine groups is 1. The molecule has 0 amide bonds. The van der Waals surface area contributed by atoms with Crippen molar-refractivity contribution in [2.24, 2.45) is 4.99 Å². The number of fused-ring (bicyclic) bond motifs is 1. The third-order valence-corrected chi connectivity index (χ3v) is 4.49. The van der Waals surface area contributed by atoms with Crippen LogP contribution >= 0.6 is 24.0 Å². The van der Waals surface area contributed by atoms with Gasteiger partial charge in [0.1, 0.15) is 23.8 Å². The van der Waals surface area contributed by atoms with Gasteiger partial charge in [0.15, 0.2) is 5.96 Å². The second-order valence-electron chi connectivity index (χ2n) is 6.37. The molecule has 1 aliphatic rings. The molecule has 0 saturated carbocycles. The fourth-order valence-electron chi connectivity index (χ4n) is 3.13. The average molecular weight is 493 g/mol. The molecule has 0 fully saturated rings. The summed E-state index contributed by atoms with van der Waals surface area (Å²) >= 11 is 0. The number of halogens is 1. The van der Waals surface area contributed by atoms with Crippen LogP contribution in [0.15, 0.2) is 74.9 Å². The molecule has 1 aromatic carbocycles. The lowest BCUT2D eigenvalue weighted by molar-refractivity contribution is 0.261. The van der Waals surface area contributed by atoms with Crippen molar-refractivity contribution in [3.63, 3.8) is 0 Å². The molecule has 1 aliphatic heterocycles. The van der Waals surface area contributed by atoms with Gasteiger partial charge in [-0.3, -0.25) is 0 Å². The number of aliphatic imine (C=N–C) groups is 1. The van der Waals surface area contributed by atoms with Crippen molar-refractivity contribution in [1.82, 2.24) is 10.6 Å². The molecular weight excluding hydrogens is 469 g/mol. The Kier molecular flexibility index (Phi) is 7.41. The highest BCUT2D eigenvalue weighted by Crippen LogP contribution is 2.31. The van der Waals surface area contributed by atoms with E-state index in [0.29, 0.717) is 13.2 Å². The third-order valence-electron chi connectivity index (χ3n) is 4.49. The van der Waals surface area contributed by atoms with Gasteiger partial charge < -0.3 is 24.2 Å². The number of benzene rings is 1. The predicted octanol–water partition coefficient (Wildman–Crippen LogP) is 4.29. The Morgan fingerprint density at radius 1 is 1.00 bits per heavy atom. The summed E-state index contributed by atoms with van der Waals surface area (Å²) in [6.45, 7) is 1.89. The van der Waals surface area contributed by atoms with Crippen molar-refractivity contribution < 1.29 is 13.6 Å². The van der Waals surface area contributed by atoms with Gasteiger partial charge in [-0.15, -0.1) is 24.0 Å². The monoisotopic (exact) mass is 493 g/mol. The minimum Gasteiger partial charge on any atom is -0.493 e. The molecule has 2 N–H and O–H groups in total. The first-order valence-electron chi connectivity index (χ1n) is 9.20. The summed E-state index contributed by atoms with van der Waals surface area (Å²) in [6.07, 6.45) is 5.03. The molecule has 3 aromatic rings. The van der Waals surface area contributed by atoms with Crippen LogP contribution in [0.25, 0.3) is 0 Å². The number of nitrogens with one attached hydrogen (secondary N) is 2. The second kappa shape index (κ2) is 10.2. The van der Waals surface area contributed by atoms with E-state index in [2.05, 4.69) is 21.7 Å². The molecule has 0 bridgehead atoms. The van der Waals surface area contributed by atoms with Gasteiger partial charge in [-0.2, -0.15) is 0 Å². The van der Waals surface area contributed by atoms with Crippen LogP contribution < -0.4 is 15.4 Å². The zero-order chi connectivity index (χ0) is 18.3. The lowest BCUT2D eigenvalue weighted by atomic mass is 10.0. The van der Waals surface area contributed by atoms with E-state index in [0.717, 1.165) is 48.2 Å². The van der Waals surface area contributed by atoms with E-state index >= 15 is 0 Å². The Balaban J connectivity index is 0.00000225. The second-order valence-corrected chi connectivity index (χ2v) is 6.37. The highest BCUT2D eigenvalue weighted by molar-refractivity contribution is 14.0. The van der Waals surface area contributed by atoms with Crippen molar-refractivity contribution in [2.75, 3.05) is 13.2 Å². The minimum atomic E-state index is 0. The molecule has 0 saturated heterocycles. The van der Waals surface area contributed by atoms with Gasteiger partial charge in [0, 0.05) is 24.9 Å². The Morgan fingerprint density at radius 3 is 2.57 bits per heavy atom. The van der Waals surface area contributed by atoms with Gasteiger partial charge in [-0.25, -0.2) is 4.99 Å². The topological polar surface area (TPSA) is 71.9 Å². The van der Waals surface area contributed by atoms with Gasteiger partial charge in [0.2, 0.25) is 0 Å². The van der Waals surface area contributed by atoms with Crippen LogP contribution in [-0.2, 0) is 13.0 Å². The molecule has 0 radical (unpaired) electrons. The minimum absolute atomic E-state index is 0. The summed E-state index contributed by atoms with van der Waals surface area (Å²) in [6, 6.07) is 16.0. The fourth-order valence-corrected chi connectivity index (χ4v) is 3.13. The van der Waals surface area contributed by atoms with Gasteiger partial charge >= 0.3 is 0 Å². The average Bonchev–Trinajstić information content (AvgIpc) is 3.40. The molecule has 148 valence electrons. The lowest BCUT2D eigenvalue weighted by Gasteiger charge is -2.28. The van der Waals surface area contributed by atoms with Gasteiger partial charge in [0.05, 0.1) is 25.2 Å². The third kappa shape index (κ3) is 5.31. The largest absolute Gasteiger partial charge is 0.493 e. The van der Waals surface area contributed by atoms with Crippen LogP contribution in [0.1, 0.15) is 29.5 Å². The van der Waals surface area contributed by atoms with E-state index < -0.39 is 0 Å². The molecule has 6 nitrogen and oxygen atoms in total. The Bertz CT molecular complexity index is 863. The number of para-hydroxylation sites is 1. The highest BCUT2D eigenvalue weighted by atomic mass is 127. The lowest BCUT2D eigenvalue weighted by Crippen LogP contribution is -2.41. The van der Waals surface area contributed by atoms with Crippen LogP contribution in [-0.4, -0.2) is 19.1 Å². The first-order valence-corrected chi connectivity index (χ1v) is 9.20. The Hall–Kier alpha value is -2.42. The van der Waals surface area contributed by atoms with Gasteiger partial charge in [-0.1, -0.05) is 18.2 Å². The SMILES string of the molecule is I.c1coc(CCNC(=NCc2ccco2)NC2CCOc3ccccc32)c1. The zero-order valence-corrected chi connectivity index (χ0v) is 17.8. The number of hydrogen-bond donors (Lipinski definition) is 2. The molecule has 0 aliphatic carbocycles. The first-order chi connectivity index (χ1) is 13.4. The normalized spacial score (nSPS) is 15.9. The van der Waals surface area contributed by atoms with E-state index in [4.69, 9.17) is 13.6 Å². The molecule has 3 heterocycles. The van der Waals surface area contributed by atoms with Gasteiger partial charge in [-0.05, 0) is 30.3 Å². The number of furan rings is 2. The number of hydrogen-bond acceptors (Lipinski definition) is 4. The van der Waals surface area contributed by atoms with Crippen LogP contribution in [0.3, 0.4) is 0 Å². The number of rotatable bonds is 6. The summed E-state index contributed by atoms with van der Waals surface area (Å²) in [4.78, 5) is 4.68. The van der Waals surface area contributed by atoms with Crippen LogP contribution in [0.4, 0.5) is 0 Å². The maximum atomic E-state index is 5.76. The summed E-state index contributed by atoms with van der Waals surface area (Å²) in [5, 5.41) is 6.94. The summed E-state index contributed by atoms with van der Waals surface area (Å²) < 4.78 is 16.6. The summed E-state index contributed by atoms with van der Waals surface area (Å²) in [5.74, 6) is 3.46. The van der Waals surface area contributed by atoms with Crippen molar-refractivity contribution in [3.05, 3.63) is 78.1 Å². The van der Waals surface area contributed by atoms with E-state index in [1.807, 2.05) is 42.5 Å². The van der Waals surface area contributed by atoms with Crippen molar-refractivity contribution in [1.29, 1.82) is 0 Å². The van der Waals surface area contributed by atoms with E-state index in [1.165, 1.54) is 0 Å². The van der Waals surface area contributed by atoms with E-state index in [-0.39, 0.29) is 30.0 Å². The maximum absolute atomic E-state index is 5.76. The quantitative estimate of drug-likeness (QED) is 0.305. The molecule has 28 heavy (non-hydrogen) atoms. The standard InChI is InChI=1S/C21H23N3O3.HI/c1-2-8-20-18(7-1)19(10-14-27-20)24-21(23-15-17-6-4-13-26-17)22-11-9-16-5-3-12-25-16;/h1-8,12-13,19H,9-11,14-15H2,(H2,22,23,24);1H. The van der Waals surface area contributed by atoms with Crippen molar-refractivity contribution in [3.8, 4) is 5.75 Å². The van der Waals surface area contributed by atoms with Crippen LogP contribution in [0.5, 0.6) is 5.75 Å². The summed E-state index contributed by atoms with van der Waals surface area (Å²) in [7, 11) is 0. The molecular formula is C21H24IN3O3. The van der Waals surface area contributed by atoms with Crippen LogP contribution in [0, 0.1) is 0 Å². The Labute approximate surface area is 181 Å². The van der Waals surface area contributed by atoms with Crippen LogP contribution in [0.2, 0.25) is 0 Å².